The molecular weight excluding hydrogens is 248 g/mol. The van der Waals surface area contributed by atoms with E-state index in [-0.39, 0.29) is 0 Å². The molecule has 2 rings (SSSR count). The molecule has 1 saturated heterocycles. The zero-order valence-corrected chi connectivity index (χ0v) is 11.5. The highest BCUT2D eigenvalue weighted by Gasteiger charge is 2.16. The quantitative estimate of drug-likeness (QED) is 0.835. The molecule has 18 heavy (non-hydrogen) atoms. The normalized spacial score (nSPS) is 17.8. The highest BCUT2D eigenvalue weighted by atomic mass is 32.2. The fourth-order valence-electron chi connectivity index (χ4n) is 2.09. The van der Waals surface area contributed by atoms with E-state index >= 15 is 0 Å². The molecule has 0 spiro atoms. The molecule has 1 aromatic rings. The number of hydrogen-bond donors (Lipinski definition) is 1. The third kappa shape index (κ3) is 3.46. The van der Waals surface area contributed by atoms with Gasteiger partial charge in [0.15, 0.2) is 0 Å². The predicted octanol–water partition coefficient (Wildman–Crippen LogP) is 1.23. The van der Waals surface area contributed by atoms with Crippen LogP contribution in [0.4, 0.5) is 5.69 Å². The Labute approximate surface area is 111 Å². The summed E-state index contributed by atoms with van der Waals surface area (Å²) in [5, 5.41) is 0. The van der Waals surface area contributed by atoms with Crippen molar-refractivity contribution in [1.82, 2.24) is 4.90 Å². The molecule has 0 saturated carbocycles. The molecule has 1 heterocycles. The van der Waals surface area contributed by atoms with Crippen molar-refractivity contribution in [2.75, 3.05) is 36.9 Å². The van der Waals surface area contributed by atoms with Crippen LogP contribution in [0.25, 0.3) is 0 Å². The van der Waals surface area contributed by atoms with E-state index in [0.717, 1.165) is 48.1 Å². The van der Waals surface area contributed by atoms with Crippen molar-refractivity contribution in [2.45, 2.75) is 13.5 Å². The molecule has 0 unspecified atom stereocenters. The molecule has 100 valence electrons. The van der Waals surface area contributed by atoms with Crippen LogP contribution in [0, 0.1) is 0 Å². The maximum absolute atomic E-state index is 11.3. The standard InChI is InChI=1S/C13H20N2O2S/c1-2-17-13-4-3-12(14)9-11(13)10-15-5-7-18(16)8-6-15/h3-4,9H,2,5-8,10,14H2,1H3. The van der Waals surface area contributed by atoms with Gasteiger partial charge in [-0.1, -0.05) is 0 Å². The van der Waals surface area contributed by atoms with Crippen LogP contribution in [0.2, 0.25) is 0 Å². The van der Waals surface area contributed by atoms with Crippen molar-refractivity contribution in [3.63, 3.8) is 0 Å². The van der Waals surface area contributed by atoms with E-state index in [1.54, 1.807) is 0 Å². The van der Waals surface area contributed by atoms with Crippen LogP contribution >= 0.6 is 0 Å². The van der Waals surface area contributed by atoms with Crippen LogP contribution in [-0.2, 0) is 17.3 Å². The number of nitrogens with two attached hydrogens (primary N) is 1. The number of rotatable bonds is 4. The Bertz CT molecular complexity index is 427. The number of benzene rings is 1. The second kappa shape index (κ2) is 6.20. The summed E-state index contributed by atoms with van der Waals surface area (Å²) >= 11 is 0. The molecule has 0 aliphatic carbocycles. The summed E-state index contributed by atoms with van der Waals surface area (Å²) in [6, 6.07) is 5.76. The monoisotopic (exact) mass is 268 g/mol. The summed E-state index contributed by atoms with van der Waals surface area (Å²) in [7, 11) is -0.630. The highest BCUT2D eigenvalue weighted by molar-refractivity contribution is 7.85. The van der Waals surface area contributed by atoms with Crippen LogP contribution in [0.15, 0.2) is 18.2 Å². The van der Waals surface area contributed by atoms with Gasteiger partial charge in [-0.25, -0.2) is 0 Å². The Balaban J connectivity index is 2.07. The second-order valence-electron chi connectivity index (χ2n) is 4.42. The first kappa shape index (κ1) is 13.4. The van der Waals surface area contributed by atoms with E-state index in [9.17, 15) is 4.21 Å². The largest absolute Gasteiger partial charge is 0.494 e. The smallest absolute Gasteiger partial charge is 0.123 e. The zero-order chi connectivity index (χ0) is 13.0. The Kier molecular flexibility index (Phi) is 4.60. The van der Waals surface area contributed by atoms with Crippen LogP contribution in [-0.4, -0.2) is 40.3 Å². The first-order valence-electron chi connectivity index (χ1n) is 6.27. The zero-order valence-electron chi connectivity index (χ0n) is 10.7. The van der Waals surface area contributed by atoms with E-state index < -0.39 is 10.8 Å². The SMILES string of the molecule is CCOc1ccc(N)cc1CN1CCS(=O)CC1. The minimum Gasteiger partial charge on any atom is -0.494 e. The molecule has 0 bridgehead atoms. The van der Waals surface area contributed by atoms with Gasteiger partial charge >= 0.3 is 0 Å². The summed E-state index contributed by atoms with van der Waals surface area (Å²) in [5.74, 6) is 2.44. The average molecular weight is 268 g/mol. The number of ether oxygens (including phenoxy) is 1. The fraction of sp³-hybridized carbons (Fsp3) is 0.538. The van der Waals surface area contributed by atoms with Crippen LogP contribution in [0.5, 0.6) is 5.75 Å². The third-order valence-corrected chi connectivity index (χ3v) is 4.32. The summed E-state index contributed by atoms with van der Waals surface area (Å²) in [6.45, 7) is 5.21. The first-order chi connectivity index (χ1) is 8.69. The lowest BCUT2D eigenvalue weighted by molar-refractivity contribution is 0.279. The molecule has 1 aliphatic rings. The van der Waals surface area contributed by atoms with Crippen LogP contribution in [0.3, 0.4) is 0 Å². The number of nitrogen functional groups attached to an aromatic ring is 1. The van der Waals surface area contributed by atoms with Crippen molar-refractivity contribution in [3.05, 3.63) is 23.8 Å². The Morgan fingerprint density at radius 1 is 1.39 bits per heavy atom. The molecule has 5 heteroatoms. The Morgan fingerprint density at radius 2 is 2.11 bits per heavy atom. The van der Waals surface area contributed by atoms with Crippen LogP contribution in [0.1, 0.15) is 12.5 Å². The molecule has 0 amide bonds. The Morgan fingerprint density at radius 3 is 2.78 bits per heavy atom. The van der Waals surface area contributed by atoms with Crippen molar-refractivity contribution < 1.29 is 8.95 Å². The molecule has 0 aromatic heterocycles. The van der Waals surface area contributed by atoms with Crippen molar-refractivity contribution in [3.8, 4) is 5.75 Å². The molecule has 1 aliphatic heterocycles. The van der Waals surface area contributed by atoms with E-state index in [1.807, 2.05) is 25.1 Å². The van der Waals surface area contributed by atoms with Gasteiger partial charge in [0.05, 0.1) is 6.61 Å². The second-order valence-corrected chi connectivity index (χ2v) is 6.12. The lowest BCUT2D eigenvalue weighted by Crippen LogP contribution is -2.37. The van der Waals surface area contributed by atoms with Gasteiger partial charge in [-0.15, -0.1) is 0 Å². The third-order valence-electron chi connectivity index (χ3n) is 3.05. The minimum absolute atomic E-state index is 0.630. The fourth-order valence-corrected chi connectivity index (χ4v) is 3.22. The molecule has 1 fully saturated rings. The number of nitrogens with zero attached hydrogens (tertiary/aromatic N) is 1. The summed E-state index contributed by atoms with van der Waals surface area (Å²) in [6.07, 6.45) is 0. The van der Waals surface area contributed by atoms with E-state index in [2.05, 4.69) is 4.90 Å². The molecule has 0 radical (unpaired) electrons. The molecule has 1 aromatic carbocycles. The first-order valence-corrected chi connectivity index (χ1v) is 7.76. The average Bonchev–Trinajstić information content (AvgIpc) is 2.36. The van der Waals surface area contributed by atoms with Gasteiger partial charge in [0.1, 0.15) is 5.75 Å². The lowest BCUT2D eigenvalue weighted by Gasteiger charge is -2.26. The minimum atomic E-state index is -0.630. The topological polar surface area (TPSA) is 55.6 Å². The van der Waals surface area contributed by atoms with Crippen molar-refractivity contribution in [1.29, 1.82) is 0 Å². The van der Waals surface area contributed by atoms with Crippen LogP contribution < -0.4 is 10.5 Å². The van der Waals surface area contributed by atoms with E-state index in [4.69, 9.17) is 10.5 Å². The van der Waals surface area contributed by atoms with Crippen molar-refractivity contribution in [2.24, 2.45) is 0 Å². The molecule has 4 nitrogen and oxygen atoms in total. The van der Waals surface area contributed by atoms with Gasteiger partial charge in [0.2, 0.25) is 0 Å². The van der Waals surface area contributed by atoms with E-state index in [0.29, 0.717) is 6.61 Å². The molecular formula is C13H20N2O2S. The lowest BCUT2D eigenvalue weighted by atomic mass is 10.1. The maximum atomic E-state index is 11.3. The summed E-state index contributed by atoms with van der Waals surface area (Å²) < 4.78 is 16.9. The molecule has 2 N–H and O–H groups in total. The van der Waals surface area contributed by atoms with Gasteiger partial charge < -0.3 is 10.5 Å². The Hall–Kier alpha value is -1.07. The summed E-state index contributed by atoms with van der Waals surface area (Å²) in [5.41, 5.74) is 7.70. The summed E-state index contributed by atoms with van der Waals surface area (Å²) in [4.78, 5) is 2.30. The van der Waals surface area contributed by atoms with Gasteiger partial charge in [-0.3, -0.25) is 9.11 Å². The highest BCUT2D eigenvalue weighted by Crippen LogP contribution is 2.23. The van der Waals surface area contributed by atoms with Crippen molar-refractivity contribution >= 4 is 16.5 Å². The maximum Gasteiger partial charge on any atom is 0.123 e. The number of anilines is 1. The van der Waals surface area contributed by atoms with Gasteiger partial charge in [0, 0.05) is 53.2 Å². The van der Waals surface area contributed by atoms with Gasteiger partial charge in [0.25, 0.3) is 0 Å². The predicted molar refractivity (Wildman–Crippen MR) is 75.2 cm³/mol. The van der Waals surface area contributed by atoms with E-state index in [1.165, 1.54) is 0 Å². The number of hydrogen-bond acceptors (Lipinski definition) is 4. The molecule has 0 atom stereocenters. The van der Waals surface area contributed by atoms with Gasteiger partial charge in [-0.05, 0) is 25.1 Å². The van der Waals surface area contributed by atoms with Gasteiger partial charge in [-0.2, -0.15) is 0 Å².